The second-order valence-corrected chi connectivity index (χ2v) is 4.93. The molecule has 114 valence electrons. The summed E-state index contributed by atoms with van der Waals surface area (Å²) < 4.78 is 37.4. The molecule has 1 fully saturated rings. The molecule has 2 heterocycles. The molecule has 0 aromatic carbocycles. The largest absolute Gasteiger partial charge is 0.433 e. The van der Waals surface area contributed by atoms with Crippen LogP contribution in [0.3, 0.4) is 0 Å². The van der Waals surface area contributed by atoms with Crippen LogP contribution < -0.4 is 10.9 Å². The van der Waals surface area contributed by atoms with E-state index in [-0.39, 0.29) is 30.7 Å². The quantitative estimate of drug-likeness (QED) is 0.855. The van der Waals surface area contributed by atoms with E-state index in [2.05, 4.69) is 15.3 Å². The van der Waals surface area contributed by atoms with Crippen LogP contribution in [-0.2, 0) is 11.0 Å². The van der Waals surface area contributed by atoms with Gasteiger partial charge in [-0.15, -0.1) is 0 Å². The Balaban J connectivity index is 2.00. The molecule has 21 heavy (non-hydrogen) atoms. The van der Waals surface area contributed by atoms with Crippen molar-refractivity contribution in [3.05, 3.63) is 22.1 Å². The molecule has 7 nitrogen and oxygen atoms in total. The zero-order chi connectivity index (χ0) is 15.6. The minimum absolute atomic E-state index is 0.0232. The van der Waals surface area contributed by atoms with Gasteiger partial charge in [-0.1, -0.05) is 11.8 Å². The number of alkyl halides is 3. The lowest BCUT2D eigenvalue weighted by Crippen LogP contribution is -2.33. The molecular formula is C10H9F3N4O3S. The lowest BCUT2D eigenvalue weighted by Gasteiger charge is -2.13. The summed E-state index contributed by atoms with van der Waals surface area (Å²) >= 11 is 0.855. The van der Waals surface area contributed by atoms with Crippen LogP contribution in [0.4, 0.5) is 23.9 Å². The summed E-state index contributed by atoms with van der Waals surface area (Å²) in [6.45, 7) is -0.0487. The fourth-order valence-electron chi connectivity index (χ4n) is 1.57. The van der Waals surface area contributed by atoms with Crippen molar-refractivity contribution in [1.29, 1.82) is 0 Å². The third-order valence-corrected chi connectivity index (χ3v) is 3.36. The predicted molar refractivity (Wildman–Crippen MR) is 67.9 cm³/mol. The molecule has 1 aliphatic heterocycles. The summed E-state index contributed by atoms with van der Waals surface area (Å²) in [4.78, 5) is 40.0. The van der Waals surface area contributed by atoms with Gasteiger partial charge < -0.3 is 5.32 Å². The van der Waals surface area contributed by atoms with Gasteiger partial charge in [-0.2, -0.15) is 13.2 Å². The summed E-state index contributed by atoms with van der Waals surface area (Å²) in [7, 11) is 0. The third kappa shape index (κ3) is 3.74. The van der Waals surface area contributed by atoms with Crippen LogP contribution in [0.5, 0.6) is 0 Å². The van der Waals surface area contributed by atoms with Gasteiger partial charge in [0.2, 0.25) is 11.9 Å². The van der Waals surface area contributed by atoms with Crippen molar-refractivity contribution in [2.75, 3.05) is 24.2 Å². The summed E-state index contributed by atoms with van der Waals surface area (Å²) in [6, 6.07) is 0.343. The number of nitrogens with one attached hydrogen (secondary N) is 2. The summed E-state index contributed by atoms with van der Waals surface area (Å²) in [5.41, 5.74) is -2.28. The maximum atomic E-state index is 12.5. The van der Waals surface area contributed by atoms with Gasteiger partial charge in [0.25, 0.3) is 10.8 Å². The highest BCUT2D eigenvalue weighted by Gasteiger charge is 2.33. The topological polar surface area (TPSA) is 95.2 Å². The fourth-order valence-corrected chi connectivity index (χ4v) is 2.32. The van der Waals surface area contributed by atoms with Crippen molar-refractivity contribution in [1.82, 2.24) is 14.9 Å². The smallest absolute Gasteiger partial charge is 0.354 e. The number of aromatic amines is 1. The lowest BCUT2D eigenvalue weighted by molar-refractivity contribution is -0.141. The standard InChI is InChI=1S/C10H9F3N4O3S/c11-10(12,13)5-3-6(18)16-8(15-5)14-1-2-17-7(19)4-21-9(17)20/h3H,1-2,4H2,(H2,14,15,16,18). The highest BCUT2D eigenvalue weighted by atomic mass is 32.2. The second-order valence-electron chi connectivity index (χ2n) is 4.00. The van der Waals surface area contributed by atoms with E-state index in [4.69, 9.17) is 0 Å². The predicted octanol–water partition coefficient (Wildman–Crippen LogP) is 0.896. The Morgan fingerprint density at radius 2 is 2.10 bits per heavy atom. The van der Waals surface area contributed by atoms with Gasteiger partial charge in [0.05, 0.1) is 5.75 Å². The van der Waals surface area contributed by atoms with Crippen molar-refractivity contribution in [2.45, 2.75) is 6.18 Å². The summed E-state index contributed by atoms with van der Waals surface area (Å²) in [5.74, 6) is -0.684. The SMILES string of the molecule is O=C1CSC(=O)N1CCNc1nc(C(F)(F)F)cc(=O)[nH]1. The average molecular weight is 322 g/mol. The molecule has 0 unspecified atom stereocenters. The van der Waals surface area contributed by atoms with Crippen LogP contribution >= 0.6 is 11.8 Å². The van der Waals surface area contributed by atoms with Crippen molar-refractivity contribution in [3.63, 3.8) is 0 Å². The molecule has 0 aliphatic carbocycles. The number of nitrogens with zero attached hydrogens (tertiary/aromatic N) is 2. The number of anilines is 1. The number of hydrogen-bond donors (Lipinski definition) is 2. The highest BCUT2D eigenvalue weighted by Crippen LogP contribution is 2.26. The van der Waals surface area contributed by atoms with E-state index >= 15 is 0 Å². The fraction of sp³-hybridized carbons (Fsp3) is 0.400. The van der Waals surface area contributed by atoms with Gasteiger partial charge in [0.1, 0.15) is 0 Å². The van der Waals surface area contributed by atoms with Crippen LogP contribution in [0.15, 0.2) is 10.9 Å². The molecule has 2 amide bonds. The minimum atomic E-state index is -4.73. The first-order valence-corrected chi connectivity index (χ1v) is 6.65. The van der Waals surface area contributed by atoms with Crippen molar-refractivity contribution >= 4 is 28.9 Å². The number of hydrogen-bond acceptors (Lipinski definition) is 6. The minimum Gasteiger partial charge on any atom is -0.354 e. The molecule has 0 atom stereocenters. The van der Waals surface area contributed by atoms with E-state index in [9.17, 15) is 27.6 Å². The number of carbonyl (C=O) groups excluding carboxylic acids is 2. The number of halogens is 3. The Bertz CT molecular complexity index is 615. The van der Waals surface area contributed by atoms with Crippen LogP contribution in [0.2, 0.25) is 0 Å². The number of rotatable bonds is 4. The van der Waals surface area contributed by atoms with Crippen LogP contribution in [0, 0.1) is 0 Å². The van der Waals surface area contributed by atoms with Gasteiger partial charge >= 0.3 is 6.18 Å². The summed E-state index contributed by atoms with van der Waals surface area (Å²) in [5, 5.41) is 2.03. The molecule has 1 aromatic heterocycles. The van der Waals surface area contributed by atoms with E-state index in [1.54, 1.807) is 0 Å². The number of aromatic nitrogens is 2. The monoisotopic (exact) mass is 322 g/mol. The Kier molecular flexibility index (Phi) is 4.21. The Morgan fingerprint density at radius 3 is 2.67 bits per heavy atom. The van der Waals surface area contributed by atoms with Crippen LogP contribution in [0.1, 0.15) is 5.69 Å². The molecule has 1 aliphatic rings. The molecular weight excluding hydrogens is 313 g/mol. The molecule has 2 rings (SSSR count). The zero-order valence-corrected chi connectivity index (χ0v) is 11.2. The second kappa shape index (κ2) is 5.76. The van der Waals surface area contributed by atoms with Gasteiger partial charge in [-0.3, -0.25) is 24.3 Å². The normalized spacial score (nSPS) is 15.7. The Morgan fingerprint density at radius 1 is 1.38 bits per heavy atom. The number of amides is 2. The van der Waals surface area contributed by atoms with Gasteiger partial charge in [-0.25, -0.2) is 4.98 Å². The van der Waals surface area contributed by atoms with E-state index in [0.29, 0.717) is 6.07 Å². The van der Waals surface area contributed by atoms with E-state index in [0.717, 1.165) is 16.7 Å². The maximum Gasteiger partial charge on any atom is 0.433 e. The molecule has 2 N–H and O–H groups in total. The molecule has 0 radical (unpaired) electrons. The first-order valence-electron chi connectivity index (χ1n) is 5.67. The Hall–Kier alpha value is -2.04. The number of H-pyrrole nitrogens is 1. The lowest BCUT2D eigenvalue weighted by atomic mass is 10.4. The molecule has 11 heteroatoms. The van der Waals surface area contributed by atoms with E-state index in [1.165, 1.54) is 0 Å². The molecule has 0 saturated carbocycles. The van der Waals surface area contributed by atoms with Crippen molar-refractivity contribution in [2.24, 2.45) is 0 Å². The molecule has 1 saturated heterocycles. The van der Waals surface area contributed by atoms with Gasteiger partial charge in [0, 0.05) is 19.2 Å². The van der Waals surface area contributed by atoms with E-state index < -0.39 is 22.7 Å². The van der Waals surface area contributed by atoms with Gasteiger partial charge in [0.15, 0.2) is 5.69 Å². The van der Waals surface area contributed by atoms with Crippen LogP contribution in [0.25, 0.3) is 0 Å². The van der Waals surface area contributed by atoms with Crippen molar-refractivity contribution in [3.8, 4) is 0 Å². The third-order valence-electron chi connectivity index (χ3n) is 2.50. The average Bonchev–Trinajstić information content (AvgIpc) is 2.69. The molecule has 0 spiro atoms. The number of thioether (sulfide) groups is 1. The molecule has 0 bridgehead atoms. The number of imide groups is 1. The summed E-state index contributed by atoms with van der Waals surface area (Å²) in [6.07, 6.45) is -4.73. The van der Waals surface area contributed by atoms with E-state index in [1.807, 2.05) is 0 Å². The molecule has 1 aromatic rings. The number of carbonyl (C=O) groups is 2. The Labute approximate surface area is 119 Å². The van der Waals surface area contributed by atoms with Crippen LogP contribution in [-0.4, -0.2) is 44.9 Å². The first-order chi connectivity index (χ1) is 9.77. The van der Waals surface area contributed by atoms with Gasteiger partial charge in [-0.05, 0) is 0 Å². The maximum absolute atomic E-state index is 12.5. The zero-order valence-electron chi connectivity index (χ0n) is 10.4. The first kappa shape index (κ1) is 15.4. The van der Waals surface area contributed by atoms with Crippen molar-refractivity contribution < 1.29 is 22.8 Å². The highest BCUT2D eigenvalue weighted by molar-refractivity contribution is 8.14.